The van der Waals surface area contributed by atoms with Gasteiger partial charge in [-0.15, -0.1) is 0 Å². The summed E-state index contributed by atoms with van der Waals surface area (Å²) in [6, 6.07) is 23.3. The minimum absolute atomic E-state index is 0.0454. The molecule has 0 fully saturated rings. The standard InChI is InChI=1S/C24H20BrNO4/c1-29-21-13-7-17(8-14-21)15-22(24(28)30-16-18-5-3-2-4-6-18)26-23(27)19-9-11-20(25)12-10-19/h2-15H,16H2,1H3,(H,26,27)/b22-15-. The van der Waals surface area contributed by atoms with Gasteiger partial charge in [-0.1, -0.05) is 58.4 Å². The second kappa shape index (κ2) is 10.4. The number of ether oxygens (including phenoxy) is 2. The molecule has 30 heavy (non-hydrogen) atoms. The van der Waals surface area contributed by atoms with Crippen LogP contribution < -0.4 is 10.1 Å². The van der Waals surface area contributed by atoms with Gasteiger partial charge in [-0.05, 0) is 53.6 Å². The highest BCUT2D eigenvalue weighted by Gasteiger charge is 2.16. The third-order valence-corrected chi connectivity index (χ3v) is 4.74. The van der Waals surface area contributed by atoms with Crippen LogP contribution in [0.1, 0.15) is 21.5 Å². The van der Waals surface area contributed by atoms with Crippen molar-refractivity contribution in [2.24, 2.45) is 0 Å². The number of carbonyl (C=O) groups excluding carboxylic acids is 2. The maximum absolute atomic E-state index is 12.7. The molecule has 0 aromatic heterocycles. The molecule has 5 nitrogen and oxygen atoms in total. The van der Waals surface area contributed by atoms with Gasteiger partial charge in [0.25, 0.3) is 5.91 Å². The van der Waals surface area contributed by atoms with E-state index in [9.17, 15) is 9.59 Å². The molecular weight excluding hydrogens is 446 g/mol. The van der Waals surface area contributed by atoms with Crippen molar-refractivity contribution in [1.82, 2.24) is 5.32 Å². The normalized spacial score (nSPS) is 10.9. The van der Waals surface area contributed by atoms with E-state index in [-0.39, 0.29) is 12.3 Å². The smallest absolute Gasteiger partial charge is 0.355 e. The molecule has 0 radical (unpaired) electrons. The van der Waals surface area contributed by atoms with Crippen LogP contribution in [0.15, 0.2) is 89.0 Å². The summed E-state index contributed by atoms with van der Waals surface area (Å²) >= 11 is 3.34. The quantitative estimate of drug-likeness (QED) is 0.395. The van der Waals surface area contributed by atoms with Gasteiger partial charge in [-0.2, -0.15) is 0 Å². The second-order valence-corrected chi connectivity index (χ2v) is 7.27. The van der Waals surface area contributed by atoms with Crippen LogP contribution in [-0.2, 0) is 16.1 Å². The summed E-state index contributed by atoms with van der Waals surface area (Å²) < 4.78 is 11.4. The maximum Gasteiger partial charge on any atom is 0.355 e. The van der Waals surface area contributed by atoms with Crippen LogP contribution in [0.2, 0.25) is 0 Å². The van der Waals surface area contributed by atoms with Gasteiger partial charge in [0.05, 0.1) is 7.11 Å². The summed E-state index contributed by atoms with van der Waals surface area (Å²) in [6.07, 6.45) is 1.57. The first-order chi connectivity index (χ1) is 14.5. The summed E-state index contributed by atoms with van der Waals surface area (Å²) in [5, 5.41) is 2.67. The fourth-order valence-corrected chi connectivity index (χ4v) is 2.87. The molecule has 0 aliphatic heterocycles. The fourth-order valence-electron chi connectivity index (χ4n) is 2.61. The third kappa shape index (κ3) is 6.06. The average molecular weight is 466 g/mol. The molecule has 1 amide bonds. The van der Waals surface area contributed by atoms with E-state index in [0.717, 1.165) is 15.6 Å². The number of rotatable bonds is 7. The van der Waals surface area contributed by atoms with Crippen molar-refractivity contribution in [2.45, 2.75) is 6.61 Å². The Kier molecular flexibility index (Phi) is 7.40. The molecule has 6 heteroatoms. The van der Waals surface area contributed by atoms with Crippen molar-refractivity contribution in [3.8, 4) is 5.75 Å². The molecular formula is C24H20BrNO4. The van der Waals surface area contributed by atoms with Gasteiger partial charge in [0, 0.05) is 10.0 Å². The maximum atomic E-state index is 12.7. The highest BCUT2D eigenvalue weighted by atomic mass is 79.9. The second-order valence-electron chi connectivity index (χ2n) is 6.35. The summed E-state index contributed by atoms with van der Waals surface area (Å²) in [5.74, 6) is -0.335. The van der Waals surface area contributed by atoms with Crippen LogP contribution in [0.25, 0.3) is 6.08 Å². The molecule has 0 atom stereocenters. The lowest BCUT2D eigenvalue weighted by molar-refractivity contribution is -0.140. The van der Waals surface area contributed by atoms with Crippen molar-refractivity contribution >= 4 is 33.9 Å². The van der Waals surface area contributed by atoms with Crippen molar-refractivity contribution in [3.05, 3.63) is 106 Å². The Balaban J connectivity index is 1.81. The summed E-state index contributed by atoms with van der Waals surface area (Å²) in [7, 11) is 1.58. The first-order valence-electron chi connectivity index (χ1n) is 9.19. The first kappa shape index (κ1) is 21.3. The number of nitrogens with one attached hydrogen (secondary N) is 1. The molecule has 0 heterocycles. The molecule has 0 saturated heterocycles. The highest BCUT2D eigenvalue weighted by molar-refractivity contribution is 9.10. The summed E-state index contributed by atoms with van der Waals surface area (Å²) in [4.78, 5) is 25.4. The van der Waals surface area contributed by atoms with E-state index in [1.807, 2.05) is 30.3 Å². The van der Waals surface area contributed by atoms with Crippen LogP contribution in [0.5, 0.6) is 5.75 Å². The Morgan fingerprint density at radius 2 is 1.60 bits per heavy atom. The van der Waals surface area contributed by atoms with Gasteiger partial charge < -0.3 is 14.8 Å². The number of carbonyl (C=O) groups is 2. The Hall–Kier alpha value is -3.38. The van der Waals surface area contributed by atoms with Gasteiger partial charge in [-0.3, -0.25) is 4.79 Å². The Morgan fingerprint density at radius 3 is 2.23 bits per heavy atom. The number of hydrogen-bond acceptors (Lipinski definition) is 4. The van der Waals surface area contributed by atoms with Crippen molar-refractivity contribution in [1.29, 1.82) is 0 Å². The Bertz CT molecular complexity index is 1030. The number of halogens is 1. The van der Waals surface area contributed by atoms with Crippen LogP contribution in [0.3, 0.4) is 0 Å². The van der Waals surface area contributed by atoms with E-state index >= 15 is 0 Å². The third-order valence-electron chi connectivity index (χ3n) is 4.21. The zero-order valence-electron chi connectivity index (χ0n) is 16.3. The molecule has 0 unspecified atom stereocenters. The number of esters is 1. The van der Waals surface area contributed by atoms with Crippen LogP contribution in [0, 0.1) is 0 Å². The van der Waals surface area contributed by atoms with Gasteiger partial charge in [0.1, 0.15) is 18.1 Å². The van der Waals surface area contributed by atoms with Gasteiger partial charge in [-0.25, -0.2) is 4.79 Å². The Labute approximate surface area is 183 Å². The van der Waals surface area contributed by atoms with Crippen LogP contribution in [-0.4, -0.2) is 19.0 Å². The molecule has 0 saturated carbocycles. The van der Waals surface area contributed by atoms with E-state index in [4.69, 9.17) is 9.47 Å². The summed E-state index contributed by atoms with van der Waals surface area (Å²) in [6.45, 7) is 0.105. The van der Waals surface area contributed by atoms with E-state index in [1.165, 1.54) is 0 Å². The van der Waals surface area contributed by atoms with Gasteiger partial charge in [0.2, 0.25) is 0 Å². The fraction of sp³-hybridized carbons (Fsp3) is 0.0833. The topological polar surface area (TPSA) is 64.6 Å². The molecule has 0 aliphatic rings. The molecule has 3 aromatic carbocycles. The van der Waals surface area contributed by atoms with E-state index < -0.39 is 11.9 Å². The number of methoxy groups -OCH3 is 1. The predicted molar refractivity (Wildman–Crippen MR) is 119 cm³/mol. The molecule has 3 rings (SSSR count). The average Bonchev–Trinajstić information content (AvgIpc) is 2.78. The molecule has 0 aliphatic carbocycles. The lowest BCUT2D eigenvalue weighted by Gasteiger charge is -2.11. The largest absolute Gasteiger partial charge is 0.497 e. The van der Waals surface area contributed by atoms with Crippen LogP contribution >= 0.6 is 15.9 Å². The number of hydrogen-bond donors (Lipinski definition) is 1. The molecule has 1 N–H and O–H groups in total. The van der Waals surface area contributed by atoms with Crippen molar-refractivity contribution in [3.63, 3.8) is 0 Å². The monoisotopic (exact) mass is 465 g/mol. The minimum Gasteiger partial charge on any atom is -0.497 e. The van der Waals surface area contributed by atoms with E-state index in [2.05, 4.69) is 21.2 Å². The molecule has 0 bridgehead atoms. The number of amides is 1. The lowest BCUT2D eigenvalue weighted by atomic mass is 10.1. The SMILES string of the molecule is COc1ccc(/C=C(\NC(=O)c2ccc(Br)cc2)C(=O)OCc2ccccc2)cc1. The summed E-state index contributed by atoms with van der Waals surface area (Å²) in [5.41, 5.74) is 2.05. The molecule has 152 valence electrons. The van der Waals surface area contributed by atoms with Gasteiger partial charge in [0.15, 0.2) is 0 Å². The highest BCUT2D eigenvalue weighted by Crippen LogP contribution is 2.15. The Morgan fingerprint density at radius 1 is 0.933 bits per heavy atom. The molecule has 3 aromatic rings. The van der Waals surface area contributed by atoms with Crippen molar-refractivity contribution < 1.29 is 19.1 Å². The zero-order valence-corrected chi connectivity index (χ0v) is 17.9. The zero-order chi connectivity index (χ0) is 21.3. The molecule has 0 spiro atoms. The van der Waals surface area contributed by atoms with E-state index in [0.29, 0.717) is 11.3 Å². The number of benzene rings is 3. The van der Waals surface area contributed by atoms with Crippen LogP contribution in [0.4, 0.5) is 0 Å². The van der Waals surface area contributed by atoms with E-state index in [1.54, 1.807) is 61.7 Å². The minimum atomic E-state index is -0.625. The predicted octanol–water partition coefficient (Wildman–Crippen LogP) is 4.97. The van der Waals surface area contributed by atoms with Crippen molar-refractivity contribution in [2.75, 3.05) is 7.11 Å². The lowest BCUT2D eigenvalue weighted by Crippen LogP contribution is -2.28. The first-order valence-corrected chi connectivity index (χ1v) is 9.98. The van der Waals surface area contributed by atoms with Gasteiger partial charge >= 0.3 is 5.97 Å².